The summed E-state index contributed by atoms with van der Waals surface area (Å²) in [4.78, 5) is 84.1. The fraction of sp³-hybridized carbons (Fsp3) is 0.600. The van der Waals surface area contributed by atoms with Gasteiger partial charge in [-0.2, -0.15) is 0 Å². The summed E-state index contributed by atoms with van der Waals surface area (Å²) in [5.74, 6) is 1.73. The van der Waals surface area contributed by atoms with Crippen molar-refractivity contribution in [2.24, 2.45) is 17.5 Å². The third-order valence-electron chi connectivity index (χ3n) is 8.39. The number of esters is 1. The van der Waals surface area contributed by atoms with E-state index in [0.29, 0.717) is 25.7 Å². The Morgan fingerprint density at radius 1 is 0.980 bits per heavy atom. The second-order valence-corrected chi connectivity index (χ2v) is 14.3. The van der Waals surface area contributed by atoms with Crippen molar-refractivity contribution in [1.29, 1.82) is 0 Å². The molecule has 15 heteroatoms. The van der Waals surface area contributed by atoms with Crippen LogP contribution in [0.25, 0.3) is 10.9 Å². The van der Waals surface area contributed by atoms with Gasteiger partial charge in [0.05, 0.1) is 12.5 Å². The van der Waals surface area contributed by atoms with Crippen LogP contribution in [0.15, 0.2) is 30.5 Å². The van der Waals surface area contributed by atoms with Crippen LogP contribution in [0.4, 0.5) is 0 Å². The van der Waals surface area contributed by atoms with Crippen molar-refractivity contribution in [2.45, 2.75) is 122 Å². The quantitative estimate of drug-likeness (QED) is 0.0574. The van der Waals surface area contributed by atoms with Crippen LogP contribution in [0, 0.1) is 5.92 Å². The summed E-state index contributed by atoms with van der Waals surface area (Å²) in [7, 11) is 0. The maximum absolute atomic E-state index is 14.1. The van der Waals surface area contributed by atoms with E-state index >= 15 is 0 Å². The Labute approximate surface area is 293 Å². The fourth-order valence-corrected chi connectivity index (χ4v) is 6.06. The lowest BCUT2D eigenvalue weighted by Crippen LogP contribution is -2.59. The van der Waals surface area contributed by atoms with Crippen LogP contribution in [-0.2, 0) is 39.9 Å². The number of likely N-dealkylation sites (tertiary alicyclic amines) is 1. The van der Waals surface area contributed by atoms with E-state index in [2.05, 4.69) is 26.4 Å². The predicted molar refractivity (Wildman–Crippen MR) is 188 cm³/mol. The van der Waals surface area contributed by atoms with Gasteiger partial charge in [-0.3, -0.25) is 34.2 Å². The first kappa shape index (κ1) is 39.9. The number of carbonyl (C=O) groups excluding carboxylic acids is 6. The van der Waals surface area contributed by atoms with Gasteiger partial charge in [0.25, 0.3) is 5.91 Å². The van der Waals surface area contributed by atoms with E-state index < -0.39 is 77.7 Å². The maximum Gasteiger partial charge on any atom is 0.308 e. The molecule has 2 aromatic rings. The number of rotatable bonds is 16. The Morgan fingerprint density at radius 3 is 2.30 bits per heavy atom. The van der Waals surface area contributed by atoms with E-state index in [0.717, 1.165) is 16.5 Å². The summed E-state index contributed by atoms with van der Waals surface area (Å²) >= 11 is 0. The summed E-state index contributed by atoms with van der Waals surface area (Å²) < 4.78 is 5.46. The molecule has 9 N–H and O–H groups in total. The minimum Gasteiger partial charge on any atom is -0.460 e. The first-order valence-electron chi connectivity index (χ1n) is 17.3. The number of aromatic amines is 1. The van der Waals surface area contributed by atoms with Crippen molar-refractivity contribution in [3.63, 3.8) is 0 Å². The molecule has 276 valence electrons. The molecule has 0 aliphatic carbocycles. The number of nitrogens with two attached hydrogens (primary N) is 2. The molecular weight excluding hydrogens is 644 g/mol. The van der Waals surface area contributed by atoms with Crippen molar-refractivity contribution in [3.05, 3.63) is 36.0 Å². The molecule has 2 heterocycles. The zero-order chi connectivity index (χ0) is 37.2. The second kappa shape index (κ2) is 17.9. The van der Waals surface area contributed by atoms with Crippen LogP contribution in [-0.4, -0.2) is 87.7 Å². The fourth-order valence-electron chi connectivity index (χ4n) is 6.06. The molecule has 3 rings (SSSR count). The Kier molecular flexibility index (Phi) is 14.3. The van der Waals surface area contributed by atoms with Crippen LogP contribution in [0.3, 0.4) is 0 Å². The molecule has 0 saturated carbocycles. The lowest BCUT2D eigenvalue weighted by Gasteiger charge is -2.31. The summed E-state index contributed by atoms with van der Waals surface area (Å²) in [6.45, 7) is 10.9. The summed E-state index contributed by atoms with van der Waals surface area (Å²) in [6.07, 6.45) is 3.42. The third kappa shape index (κ3) is 11.3. The Hall–Kier alpha value is -4.50. The van der Waals surface area contributed by atoms with Gasteiger partial charge in [-0.15, -0.1) is 0 Å². The molecule has 1 aromatic carbocycles. The highest BCUT2D eigenvalue weighted by molar-refractivity contribution is 5.97. The molecule has 1 saturated heterocycles. The minimum absolute atomic E-state index is 0.0760. The Balaban J connectivity index is 1.77. The molecule has 0 unspecified atom stereocenters. The molecule has 50 heavy (non-hydrogen) atoms. The Bertz CT molecular complexity index is 1520. The van der Waals surface area contributed by atoms with E-state index in [-0.39, 0.29) is 25.3 Å². The molecule has 0 radical (unpaired) electrons. The summed E-state index contributed by atoms with van der Waals surface area (Å²) in [5.41, 5.74) is 9.24. The molecule has 1 fully saturated rings. The summed E-state index contributed by atoms with van der Waals surface area (Å²) in [5, 5.41) is 9.02. The SMILES string of the molecule is CCC[C@@H](NC(=O)[C@@H]1CCCN1C(=O)[C@@H](CC(=O)OC(C)(C)C)NC(=O)[C@H](N)Cc1c[nH]c2ccccc12)C(=O)N[C@@H](CC(C)C)C(=O)NN. The van der Waals surface area contributed by atoms with Gasteiger partial charge < -0.3 is 36.3 Å². The molecule has 1 aliphatic rings. The smallest absolute Gasteiger partial charge is 0.308 e. The second-order valence-electron chi connectivity index (χ2n) is 14.3. The topological polar surface area (TPSA) is 231 Å². The van der Waals surface area contributed by atoms with Crippen molar-refractivity contribution >= 4 is 46.4 Å². The standard InChI is InChI=1S/C35H54N8O7/c1-7-11-25(31(46)40-26(16-20(2)3)32(47)42-37)39-33(48)28-14-10-15-43(28)34(49)27(18-29(44)50-35(4,5)6)41-30(45)23(36)17-21-19-38-24-13-9-8-12-22(21)24/h8-9,12-13,19-20,23,25-28,38H,7,10-11,14-18,36-37H2,1-6H3,(H,39,48)(H,40,46)(H,41,45)(H,42,47)/t23-,25-,26+,27-,28+/m1/s1. The molecule has 5 atom stereocenters. The Morgan fingerprint density at radius 2 is 1.66 bits per heavy atom. The van der Waals surface area contributed by atoms with Gasteiger partial charge in [0.1, 0.15) is 29.8 Å². The lowest BCUT2D eigenvalue weighted by atomic mass is 10.0. The van der Waals surface area contributed by atoms with Crippen LogP contribution in [0.1, 0.15) is 85.6 Å². The number of hydrogen-bond acceptors (Lipinski definition) is 9. The normalized spacial score (nSPS) is 17.1. The average molecular weight is 699 g/mol. The van der Waals surface area contributed by atoms with Gasteiger partial charge in [-0.05, 0) is 70.4 Å². The van der Waals surface area contributed by atoms with Crippen molar-refractivity contribution in [2.75, 3.05) is 6.54 Å². The van der Waals surface area contributed by atoms with Crippen LogP contribution >= 0.6 is 0 Å². The van der Waals surface area contributed by atoms with Crippen molar-refractivity contribution in [1.82, 2.24) is 31.3 Å². The number of hydrazine groups is 1. The van der Waals surface area contributed by atoms with Gasteiger partial charge in [-0.25, -0.2) is 5.84 Å². The van der Waals surface area contributed by atoms with Gasteiger partial charge in [-0.1, -0.05) is 45.4 Å². The van der Waals surface area contributed by atoms with Crippen LogP contribution in [0.5, 0.6) is 0 Å². The zero-order valence-electron chi connectivity index (χ0n) is 30.0. The molecule has 15 nitrogen and oxygen atoms in total. The average Bonchev–Trinajstić information content (AvgIpc) is 3.70. The molecule has 0 spiro atoms. The van der Waals surface area contributed by atoms with Gasteiger partial charge in [0, 0.05) is 23.6 Å². The number of H-pyrrole nitrogens is 1. The van der Waals surface area contributed by atoms with E-state index in [9.17, 15) is 28.8 Å². The number of aromatic nitrogens is 1. The molecule has 1 aliphatic heterocycles. The van der Waals surface area contributed by atoms with Gasteiger partial charge >= 0.3 is 5.97 Å². The van der Waals surface area contributed by atoms with E-state index in [1.165, 1.54) is 4.90 Å². The van der Waals surface area contributed by atoms with E-state index in [1.54, 1.807) is 27.0 Å². The third-order valence-corrected chi connectivity index (χ3v) is 8.39. The largest absolute Gasteiger partial charge is 0.460 e. The number of carbonyl (C=O) groups is 6. The number of ether oxygens (including phenoxy) is 1. The highest BCUT2D eigenvalue weighted by atomic mass is 16.6. The number of hydrogen-bond donors (Lipinski definition) is 7. The van der Waals surface area contributed by atoms with Crippen molar-refractivity contribution in [3.8, 4) is 0 Å². The number of para-hydroxylation sites is 1. The first-order chi connectivity index (χ1) is 23.5. The number of fused-ring (bicyclic) bond motifs is 1. The predicted octanol–water partition coefficient (Wildman–Crippen LogP) is 1.05. The number of benzene rings is 1. The minimum atomic E-state index is -1.36. The lowest BCUT2D eigenvalue weighted by molar-refractivity contribution is -0.157. The summed E-state index contributed by atoms with van der Waals surface area (Å²) in [6, 6.07) is 2.34. The number of nitrogens with zero attached hydrogens (tertiary/aromatic N) is 1. The first-order valence-corrected chi connectivity index (χ1v) is 17.3. The molecule has 5 amide bonds. The van der Waals surface area contributed by atoms with E-state index in [1.807, 2.05) is 45.0 Å². The maximum atomic E-state index is 14.1. The zero-order valence-corrected chi connectivity index (χ0v) is 30.0. The highest BCUT2D eigenvalue weighted by Crippen LogP contribution is 2.22. The molecular formula is C35H54N8O7. The molecule has 1 aromatic heterocycles. The van der Waals surface area contributed by atoms with Crippen LogP contribution < -0.4 is 33.0 Å². The van der Waals surface area contributed by atoms with Crippen LogP contribution in [0.2, 0.25) is 0 Å². The highest BCUT2D eigenvalue weighted by Gasteiger charge is 2.40. The van der Waals surface area contributed by atoms with Gasteiger partial charge in [0.15, 0.2) is 0 Å². The number of amides is 5. The monoisotopic (exact) mass is 698 g/mol. The molecule has 0 bridgehead atoms. The van der Waals surface area contributed by atoms with Crippen molar-refractivity contribution < 1.29 is 33.5 Å². The van der Waals surface area contributed by atoms with E-state index in [4.69, 9.17) is 16.3 Å². The van der Waals surface area contributed by atoms with Gasteiger partial charge in [0.2, 0.25) is 23.6 Å². The number of nitrogens with one attached hydrogen (secondary N) is 5.